The van der Waals surface area contributed by atoms with Gasteiger partial charge in [-0.25, -0.2) is 4.98 Å². The highest BCUT2D eigenvalue weighted by molar-refractivity contribution is 6.30. The summed E-state index contributed by atoms with van der Waals surface area (Å²) in [7, 11) is 0. The van der Waals surface area contributed by atoms with Gasteiger partial charge < -0.3 is 4.42 Å². The third-order valence-electron chi connectivity index (χ3n) is 2.87. The van der Waals surface area contributed by atoms with Crippen molar-refractivity contribution in [1.82, 2.24) is 4.98 Å². The quantitative estimate of drug-likeness (QED) is 0.695. The Kier molecular flexibility index (Phi) is 3.34. The zero-order valence-corrected chi connectivity index (χ0v) is 11.0. The molecule has 2 nitrogen and oxygen atoms in total. The van der Waals surface area contributed by atoms with Gasteiger partial charge in [-0.05, 0) is 29.8 Å². The van der Waals surface area contributed by atoms with Crippen molar-refractivity contribution in [2.75, 3.05) is 0 Å². The van der Waals surface area contributed by atoms with E-state index in [0.29, 0.717) is 10.9 Å². The van der Waals surface area contributed by atoms with E-state index in [-0.39, 0.29) is 0 Å². The SMILES string of the molecule is Clc1ccc(-c2nc(Cc3ccccc3)co2)cc1. The highest BCUT2D eigenvalue weighted by Gasteiger charge is 2.07. The van der Waals surface area contributed by atoms with E-state index in [1.54, 1.807) is 6.26 Å². The van der Waals surface area contributed by atoms with E-state index in [4.69, 9.17) is 16.0 Å². The fourth-order valence-corrected chi connectivity index (χ4v) is 2.04. The molecule has 3 aromatic rings. The molecule has 0 bridgehead atoms. The van der Waals surface area contributed by atoms with Crippen LogP contribution in [0.3, 0.4) is 0 Å². The molecule has 2 aromatic carbocycles. The number of hydrogen-bond acceptors (Lipinski definition) is 2. The van der Waals surface area contributed by atoms with Gasteiger partial charge >= 0.3 is 0 Å². The van der Waals surface area contributed by atoms with Crippen LogP contribution in [0.1, 0.15) is 11.3 Å². The molecule has 0 aliphatic heterocycles. The van der Waals surface area contributed by atoms with E-state index in [0.717, 1.165) is 17.7 Å². The molecule has 0 atom stereocenters. The lowest BCUT2D eigenvalue weighted by Crippen LogP contribution is -1.87. The van der Waals surface area contributed by atoms with Crippen LogP contribution in [0.25, 0.3) is 11.5 Å². The number of halogens is 1. The smallest absolute Gasteiger partial charge is 0.226 e. The van der Waals surface area contributed by atoms with Crippen LogP contribution in [0.2, 0.25) is 5.02 Å². The summed E-state index contributed by atoms with van der Waals surface area (Å²) >= 11 is 5.86. The highest BCUT2D eigenvalue weighted by atomic mass is 35.5. The van der Waals surface area contributed by atoms with Crippen LogP contribution in [0, 0.1) is 0 Å². The van der Waals surface area contributed by atoms with Crippen LogP contribution in [-0.4, -0.2) is 4.98 Å². The second kappa shape index (κ2) is 5.29. The molecule has 3 rings (SSSR count). The van der Waals surface area contributed by atoms with E-state index in [1.165, 1.54) is 5.56 Å². The van der Waals surface area contributed by atoms with Crippen molar-refractivity contribution in [3.63, 3.8) is 0 Å². The average molecular weight is 270 g/mol. The van der Waals surface area contributed by atoms with Gasteiger partial charge in [0.25, 0.3) is 0 Å². The monoisotopic (exact) mass is 269 g/mol. The molecule has 0 saturated heterocycles. The molecule has 0 spiro atoms. The molecule has 0 aliphatic carbocycles. The summed E-state index contributed by atoms with van der Waals surface area (Å²) < 4.78 is 5.51. The Morgan fingerprint density at radius 1 is 0.947 bits per heavy atom. The number of rotatable bonds is 3. The lowest BCUT2D eigenvalue weighted by molar-refractivity contribution is 0.573. The van der Waals surface area contributed by atoms with Crippen LogP contribution in [0.4, 0.5) is 0 Å². The van der Waals surface area contributed by atoms with Gasteiger partial charge in [0.05, 0.1) is 5.69 Å². The molecular weight excluding hydrogens is 258 g/mol. The molecule has 94 valence electrons. The molecule has 19 heavy (non-hydrogen) atoms. The maximum absolute atomic E-state index is 5.86. The number of aromatic nitrogens is 1. The highest BCUT2D eigenvalue weighted by Crippen LogP contribution is 2.21. The molecule has 0 N–H and O–H groups in total. The lowest BCUT2D eigenvalue weighted by Gasteiger charge is -1.96. The fourth-order valence-electron chi connectivity index (χ4n) is 1.92. The van der Waals surface area contributed by atoms with Crippen molar-refractivity contribution in [2.24, 2.45) is 0 Å². The second-order valence-corrected chi connectivity index (χ2v) is 4.75. The minimum atomic E-state index is 0.627. The Labute approximate surface area is 116 Å². The average Bonchev–Trinajstić information content (AvgIpc) is 2.89. The molecular formula is C16H12ClNO. The fraction of sp³-hybridized carbons (Fsp3) is 0.0625. The van der Waals surface area contributed by atoms with Crippen molar-refractivity contribution in [3.8, 4) is 11.5 Å². The molecule has 0 fully saturated rings. The normalized spacial score (nSPS) is 10.6. The standard InChI is InChI=1S/C16H12ClNO/c17-14-8-6-13(7-9-14)16-18-15(11-19-16)10-12-4-2-1-3-5-12/h1-9,11H,10H2. The van der Waals surface area contributed by atoms with Crippen LogP contribution in [0.5, 0.6) is 0 Å². The summed E-state index contributed by atoms with van der Waals surface area (Å²) in [5.41, 5.74) is 3.08. The summed E-state index contributed by atoms with van der Waals surface area (Å²) in [6.45, 7) is 0. The minimum absolute atomic E-state index is 0.627. The number of hydrogen-bond donors (Lipinski definition) is 0. The molecule has 1 heterocycles. The van der Waals surface area contributed by atoms with E-state index >= 15 is 0 Å². The van der Waals surface area contributed by atoms with Gasteiger partial charge in [0.2, 0.25) is 5.89 Å². The van der Waals surface area contributed by atoms with Crippen molar-refractivity contribution in [3.05, 3.63) is 77.1 Å². The third-order valence-corrected chi connectivity index (χ3v) is 3.12. The Hall–Kier alpha value is -2.06. The van der Waals surface area contributed by atoms with Crippen LogP contribution < -0.4 is 0 Å². The van der Waals surface area contributed by atoms with Crippen LogP contribution in [0.15, 0.2) is 65.3 Å². The molecule has 0 radical (unpaired) electrons. The molecule has 0 saturated carbocycles. The van der Waals surface area contributed by atoms with E-state index < -0.39 is 0 Å². The molecule has 3 heteroatoms. The largest absolute Gasteiger partial charge is 0.444 e. The first-order valence-electron chi connectivity index (χ1n) is 6.05. The predicted molar refractivity (Wildman–Crippen MR) is 76.2 cm³/mol. The Morgan fingerprint density at radius 2 is 1.68 bits per heavy atom. The zero-order chi connectivity index (χ0) is 13.1. The maximum atomic E-state index is 5.86. The molecule has 0 unspecified atom stereocenters. The van der Waals surface area contributed by atoms with Gasteiger partial charge in [0.15, 0.2) is 0 Å². The topological polar surface area (TPSA) is 26.0 Å². The minimum Gasteiger partial charge on any atom is -0.444 e. The number of oxazole rings is 1. The summed E-state index contributed by atoms with van der Waals surface area (Å²) in [5, 5.41) is 0.708. The van der Waals surface area contributed by atoms with E-state index in [2.05, 4.69) is 17.1 Å². The first-order valence-corrected chi connectivity index (χ1v) is 6.43. The summed E-state index contributed by atoms with van der Waals surface area (Å²) in [6, 6.07) is 17.7. The summed E-state index contributed by atoms with van der Waals surface area (Å²) in [4.78, 5) is 4.50. The lowest BCUT2D eigenvalue weighted by atomic mass is 10.1. The molecule has 0 aliphatic rings. The molecule has 1 aromatic heterocycles. The summed E-state index contributed by atoms with van der Waals surface area (Å²) in [6.07, 6.45) is 2.48. The van der Waals surface area contributed by atoms with Gasteiger partial charge in [-0.15, -0.1) is 0 Å². The van der Waals surface area contributed by atoms with E-state index in [1.807, 2.05) is 42.5 Å². The zero-order valence-electron chi connectivity index (χ0n) is 10.2. The van der Waals surface area contributed by atoms with E-state index in [9.17, 15) is 0 Å². The Balaban J connectivity index is 1.82. The third kappa shape index (κ3) is 2.85. The summed E-state index contributed by atoms with van der Waals surface area (Å²) in [5.74, 6) is 0.627. The Bertz CT molecular complexity index is 659. The van der Waals surface area contributed by atoms with Crippen LogP contribution in [-0.2, 0) is 6.42 Å². The van der Waals surface area contributed by atoms with Gasteiger partial charge in [-0.1, -0.05) is 41.9 Å². The van der Waals surface area contributed by atoms with Crippen molar-refractivity contribution in [1.29, 1.82) is 0 Å². The Morgan fingerprint density at radius 3 is 2.42 bits per heavy atom. The van der Waals surface area contributed by atoms with Crippen molar-refractivity contribution < 1.29 is 4.42 Å². The first kappa shape index (κ1) is 12.0. The van der Waals surface area contributed by atoms with Gasteiger partial charge in [-0.2, -0.15) is 0 Å². The first-order chi connectivity index (χ1) is 9.31. The predicted octanol–water partition coefficient (Wildman–Crippen LogP) is 4.59. The number of nitrogens with zero attached hydrogens (tertiary/aromatic N) is 1. The van der Waals surface area contributed by atoms with Gasteiger partial charge in [0.1, 0.15) is 6.26 Å². The maximum Gasteiger partial charge on any atom is 0.226 e. The number of benzene rings is 2. The van der Waals surface area contributed by atoms with Crippen LogP contribution >= 0.6 is 11.6 Å². The van der Waals surface area contributed by atoms with Gasteiger partial charge in [-0.3, -0.25) is 0 Å². The van der Waals surface area contributed by atoms with Gasteiger partial charge in [0, 0.05) is 17.0 Å². The van der Waals surface area contributed by atoms with Crippen molar-refractivity contribution in [2.45, 2.75) is 6.42 Å². The second-order valence-electron chi connectivity index (χ2n) is 4.31. The molecule has 0 amide bonds. The van der Waals surface area contributed by atoms with Crippen molar-refractivity contribution >= 4 is 11.6 Å².